The van der Waals surface area contributed by atoms with E-state index in [1.54, 1.807) is 14.2 Å². The zero-order valence-corrected chi connectivity index (χ0v) is 17.2. The molecule has 0 heterocycles. The van der Waals surface area contributed by atoms with Crippen LogP contribution in [0.3, 0.4) is 0 Å². The van der Waals surface area contributed by atoms with Gasteiger partial charge in [0.05, 0.1) is 19.6 Å². The first kappa shape index (κ1) is 17.1. The molecule has 0 aliphatic heterocycles. The zero-order valence-electron chi connectivity index (χ0n) is 14.0. The molecule has 0 amide bonds. The van der Waals surface area contributed by atoms with Crippen LogP contribution in [-0.4, -0.2) is 23.2 Å². The Morgan fingerprint density at radius 3 is 2.56 bits per heavy atom. The predicted molar refractivity (Wildman–Crippen MR) is 104 cm³/mol. The van der Waals surface area contributed by atoms with Gasteiger partial charge in [-0.05, 0) is 24.5 Å². The summed E-state index contributed by atoms with van der Waals surface area (Å²) in [6.45, 7) is 0. The van der Waals surface area contributed by atoms with Crippen molar-refractivity contribution in [1.29, 1.82) is 0 Å². The second-order valence-corrected chi connectivity index (χ2v) is 10.2. The van der Waals surface area contributed by atoms with Gasteiger partial charge < -0.3 is 9.47 Å². The molecule has 2 aromatic rings. The minimum Gasteiger partial charge on any atom is -0.497 e. The molecule has 4 rings (SSSR count). The van der Waals surface area contributed by atoms with Gasteiger partial charge in [0.25, 0.3) is 0 Å². The maximum Gasteiger partial charge on any atom is 0.172 e. The van der Waals surface area contributed by atoms with Gasteiger partial charge in [0.15, 0.2) is 5.78 Å². The topological polar surface area (TPSA) is 35.5 Å². The molecular weight excluding hydrogens is 448 g/mol. The Balaban J connectivity index is 1.80. The number of carbonyl (C=O) groups excluding carboxylic acids is 1. The molecule has 1 fully saturated rings. The molecule has 5 heteroatoms. The van der Waals surface area contributed by atoms with Crippen LogP contribution >= 0.6 is 31.9 Å². The second-order valence-electron chi connectivity index (χ2n) is 6.62. The average molecular weight is 466 g/mol. The van der Waals surface area contributed by atoms with Gasteiger partial charge in [0.2, 0.25) is 0 Å². The number of alkyl halides is 2. The number of rotatable bonds is 3. The Morgan fingerprint density at radius 1 is 1.08 bits per heavy atom. The van der Waals surface area contributed by atoms with Crippen molar-refractivity contribution in [3.63, 3.8) is 0 Å². The van der Waals surface area contributed by atoms with E-state index in [9.17, 15) is 4.79 Å². The molecule has 25 heavy (non-hydrogen) atoms. The number of fused-ring (bicyclic) bond motifs is 1. The summed E-state index contributed by atoms with van der Waals surface area (Å²) in [5.41, 5.74) is 2.50. The Morgan fingerprint density at radius 2 is 1.84 bits per heavy atom. The third-order valence-corrected chi connectivity index (χ3v) is 7.91. The highest BCUT2D eigenvalue weighted by Gasteiger charge is 2.79. The summed E-state index contributed by atoms with van der Waals surface area (Å²) in [4.78, 5) is 13.4. The van der Waals surface area contributed by atoms with Gasteiger partial charge in [-0.25, -0.2) is 0 Å². The number of hydrogen-bond donors (Lipinski definition) is 0. The van der Waals surface area contributed by atoms with Crippen LogP contribution in [-0.2, 0) is 6.42 Å². The number of ether oxygens (including phenoxy) is 2. The minimum absolute atomic E-state index is 0.00159. The molecule has 0 unspecified atom stereocenters. The number of Topliss-reactive ketones (excluding diaryl/α,β-unsaturated/α-hetero) is 1. The molecule has 2 atom stereocenters. The van der Waals surface area contributed by atoms with Gasteiger partial charge in [0.1, 0.15) is 14.7 Å². The first-order chi connectivity index (χ1) is 12.0. The number of benzene rings is 2. The molecule has 2 aliphatic rings. The van der Waals surface area contributed by atoms with Gasteiger partial charge in [0, 0.05) is 23.1 Å². The van der Waals surface area contributed by atoms with Crippen LogP contribution in [0, 0.1) is 5.41 Å². The third kappa shape index (κ3) is 2.25. The summed E-state index contributed by atoms with van der Waals surface area (Å²) in [5.74, 6) is 1.69. The average Bonchev–Trinajstić information content (AvgIpc) is 3.13. The predicted octanol–water partition coefficient (Wildman–Crippen LogP) is 5.10. The first-order valence-electron chi connectivity index (χ1n) is 8.20. The van der Waals surface area contributed by atoms with E-state index in [4.69, 9.17) is 9.47 Å². The van der Waals surface area contributed by atoms with Gasteiger partial charge in [-0.2, -0.15) is 0 Å². The summed E-state index contributed by atoms with van der Waals surface area (Å²) in [6.07, 6.45) is 1.70. The first-order valence-corrected chi connectivity index (χ1v) is 9.78. The van der Waals surface area contributed by atoms with Crippen molar-refractivity contribution in [2.24, 2.45) is 5.41 Å². The Hall–Kier alpha value is -1.33. The molecule has 0 N–H and O–H groups in total. The maximum atomic E-state index is 13.4. The van der Waals surface area contributed by atoms with Crippen molar-refractivity contribution >= 4 is 37.6 Å². The van der Waals surface area contributed by atoms with Crippen molar-refractivity contribution in [1.82, 2.24) is 0 Å². The molecule has 2 aliphatic carbocycles. The van der Waals surface area contributed by atoms with E-state index in [0.29, 0.717) is 0 Å². The highest BCUT2D eigenvalue weighted by Crippen LogP contribution is 2.80. The molecule has 0 saturated heterocycles. The molecule has 2 aromatic carbocycles. The molecule has 1 spiro atoms. The number of carbonyl (C=O) groups is 1. The summed E-state index contributed by atoms with van der Waals surface area (Å²) in [6, 6.07) is 13.7. The Labute approximate surface area is 164 Å². The lowest BCUT2D eigenvalue weighted by molar-refractivity contribution is 0.0874. The van der Waals surface area contributed by atoms with Crippen LogP contribution in [0.4, 0.5) is 0 Å². The monoisotopic (exact) mass is 464 g/mol. The van der Waals surface area contributed by atoms with E-state index < -0.39 is 8.65 Å². The summed E-state index contributed by atoms with van der Waals surface area (Å²) < 4.78 is 10.4. The zero-order chi connectivity index (χ0) is 17.8. The van der Waals surface area contributed by atoms with Crippen LogP contribution in [0.5, 0.6) is 11.5 Å². The maximum absolute atomic E-state index is 13.4. The van der Waals surface area contributed by atoms with Gasteiger partial charge >= 0.3 is 0 Å². The number of halogens is 2. The largest absolute Gasteiger partial charge is 0.497 e. The summed E-state index contributed by atoms with van der Waals surface area (Å²) in [7, 11) is 3.28. The standard InChI is InChI=1S/C20H18Br2O3/c1-24-13-7-8-15(16(11-13)25-2)17-19(20(17,21)22)10-9-12-5-3-4-6-14(12)18(19)23/h3-8,11,17H,9-10H2,1-2H3/t17-,19+/m1/s1. The van der Waals surface area contributed by atoms with E-state index in [1.165, 1.54) is 0 Å². The van der Waals surface area contributed by atoms with E-state index >= 15 is 0 Å². The van der Waals surface area contributed by atoms with E-state index in [-0.39, 0.29) is 11.7 Å². The van der Waals surface area contributed by atoms with Gasteiger partial charge in [-0.3, -0.25) is 4.79 Å². The number of methoxy groups -OCH3 is 2. The van der Waals surface area contributed by atoms with Gasteiger partial charge in [-0.1, -0.05) is 62.2 Å². The molecule has 0 bridgehead atoms. The highest BCUT2D eigenvalue weighted by molar-refractivity contribution is 9.25. The van der Waals surface area contributed by atoms with E-state index in [0.717, 1.165) is 41.0 Å². The van der Waals surface area contributed by atoms with Crippen LogP contribution in [0.1, 0.15) is 33.8 Å². The van der Waals surface area contributed by atoms with Gasteiger partial charge in [-0.15, -0.1) is 0 Å². The Kier molecular flexibility index (Phi) is 4.00. The number of aryl methyl sites for hydroxylation is 1. The molecule has 1 saturated carbocycles. The van der Waals surface area contributed by atoms with Crippen LogP contribution in [0.25, 0.3) is 0 Å². The lowest BCUT2D eigenvalue weighted by Crippen LogP contribution is -2.28. The molecule has 3 nitrogen and oxygen atoms in total. The van der Waals surface area contributed by atoms with E-state index in [1.807, 2.05) is 36.4 Å². The number of ketones is 1. The minimum atomic E-state index is -0.497. The lowest BCUT2D eigenvalue weighted by atomic mass is 9.78. The highest BCUT2D eigenvalue weighted by atomic mass is 79.9. The lowest BCUT2D eigenvalue weighted by Gasteiger charge is -2.25. The SMILES string of the molecule is COc1ccc([C@H]2C(Br)(Br)[C@@]23CCc2ccccc2C3=O)c(OC)c1. The normalized spacial score (nSPS) is 26.2. The third-order valence-electron chi connectivity index (χ3n) is 5.57. The summed E-state index contributed by atoms with van der Waals surface area (Å²) in [5, 5.41) is 0. The van der Waals surface area contributed by atoms with Crippen molar-refractivity contribution in [3.05, 3.63) is 59.2 Å². The number of hydrogen-bond acceptors (Lipinski definition) is 3. The van der Waals surface area contributed by atoms with Crippen molar-refractivity contribution in [2.45, 2.75) is 22.0 Å². The van der Waals surface area contributed by atoms with Crippen molar-refractivity contribution in [2.75, 3.05) is 14.2 Å². The van der Waals surface area contributed by atoms with Crippen LogP contribution < -0.4 is 9.47 Å². The molecule has 130 valence electrons. The fourth-order valence-electron chi connectivity index (χ4n) is 4.21. The smallest absolute Gasteiger partial charge is 0.172 e. The van der Waals surface area contributed by atoms with Crippen molar-refractivity contribution < 1.29 is 14.3 Å². The molecule has 0 radical (unpaired) electrons. The quantitative estimate of drug-likeness (QED) is 0.591. The fourth-order valence-corrected chi connectivity index (χ4v) is 6.47. The Bertz CT molecular complexity index is 862. The summed E-state index contributed by atoms with van der Waals surface area (Å²) >= 11 is 7.62. The van der Waals surface area contributed by atoms with E-state index in [2.05, 4.69) is 37.9 Å². The fraction of sp³-hybridized carbons (Fsp3) is 0.350. The second kappa shape index (κ2) is 5.85. The van der Waals surface area contributed by atoms with Crippen LogP contribution in [0.2, 0.25) is 0 Å². The van der Waals surface area contributed by atoms with Crippen LogP contribution in [0.15, 0.2) is 42.5 Å². The molecular formula is C20H18Br2O3. The molecule has 0 aromatic heterocycles. The van der Waals surface area contributed by atoms with Crippen molar-refractivity contribution in [3.8, 4) is 11.5 Å².